The quantitative estimate of drug-likeness (QED) is 0.861. The van der Waals surface area contributed by atoms with Crippen molar-refractivity contribution in [3.63, 3.8) is 0 Å². The van der Waals surface area contributed by atoms with Crippen molar-refractivity contribution in [2.24, 2.45) is 11.8 Å². The van der Waals surface area contributed by atoms with Crippen LogP contribution in [-0.4, -0.2) is 29.2 Å². The summed E-state index contributed by atoms with van der Waals surface area (Å²) in [6.45, 7) is 0. The van der Waals surface area contributed by atoms with Gasteiger partial charge in [0.25, 0.3) is 0 Å². The molecule has 2 unspecified atom stereocenters. The molecule has 1 amide bonds. The van der Waals surface area contributed by atoms with Crippen LogP contribution in [0.25, 0.3) is 10.6 Å². The summed E-state index contributed by atoms with van der Waals surface area (Å²) >= 11 is 1.34. The molecule has 1 N–H and O–H groups in total. The molecular formula is C17H19N3O3S. The number of rotatable bonds is 4. The fourth-order valence-corrected chi connectivity index (χ4v) is 3.74. The first-order valence-corrected chi connectivity index (χ1v) is 8.76. The Morgan fingerprint density at radius 1 is 1.17 bits per heavy atom. The van der Waals surface area contributed by atoms with Crippen molar-refractivity contribution >= 4 is 28.3 Å². The molecule has 0 radical (unpaired) electrons. The second-order valence-electron chi connectivity index (χ2n) is 5.85. The van der Waals surface area contributed by atoms with Crippen LogP contribution in [0.2, 0.25) is 0 Å². The zero-order valence-corrected chi connectivity index (χ0v) is 14.2. The number of methoxy groups -OCH3 is 1. The lowest BCUT2D eigenvalue weighted by molar-refractivity contribution is -0.147. The number of aromatic nitrogens is 2. The third kappa shape index (κ3) is 3.79. The van der Waals surface area contributed by atoms with Crippen LogP contribution < -0.4 is 5.32 Å². The number of anilines is 1. The first kappa shape index (κ1) is 16.6. The summed E-state index contributed by atoms with van der Waals surface area (Å²) in [4.78, 5) is 24.1. The molecule has 1 aromatic heterocycles. The van der Waals surface area contributed by atoms with Crippen molar-refractivity contribution in [1.82, 2.24) is 10.2 Å². The van der Waals surface area contributed by atoms with Gasteiger partial charge >= 0.3 is 5.97 Å². The molecule has 24 heavy (non-hydrogen) atoms. The van der Waals surface area contributed by atoms with E-state index in [4.69, 9.17) is 4.74 Å². The Balaban J connectivity index is 1.63. The second-order valence-corrected chi connectivity index (χ2v) is 6.83. The number of carbonyl (C=O) groups is 2. The Morgan fingerprint density at radius 2 is 1.92 bits per heavy atom. The number of esters is 1. The smallest absolute Gasteiger partial charge is 0.308 e. The lowest BCUT2D eigenvalue weighted by atomic mass is 9.81. The molecule has 6 nitrogen and oxygen atoms in total. The fourth-order valence-electron chi connectivity index (χ4n) is 2.99. The molecule has 0 aliphatic heterocycles. The molecule has 1 fully saturated rings. The van der Waals surface area contributed by atoms with Gasteiger partial charge in [-0.3, -0.25) is 9.59 Å². The first-order valence-electron chi connectivity index (χ1n) is 7.95. The molecule has 0 bridgehead atoms. The molecule has 0 saturated heterocycles. The Labute approximate surface area is 144 Å². The van der Waals surface area contributed by atoms with Crippen molar-refractivity contribution in [3.05, 3.63) is 30.3 Å². The minimum Gasteiger partial charge on any atom is -0.469 e. The fraction of sp³-hybridized carbons (Fsp3) is 0.412. The van der Waals surface area contributed by atoms with E-state index in [0.717, 1.165) is 29.8 Å². The number of hydrogen-bond donors (Lipinski definition) is 1. The summed E-state index contributed by atoms with van der Waals surface area (Å²) < 4.78 is 4.80. The molecule has 1 aliphatic rings. The van der Waals surface area contributed by atoms with E-state index in [1.165, 1.54) is 18.4 Å². The Kier molecular flexibility index (Phi) is 5.20. The average Bonchev–Trinajstić information content (AvgIpc) is 3.10. The van der Waals surface area contributed by atoms with Gasteiger partial charge in [0.1, 0.15) is 5.01 Å². The molecule has 1 saturated carbocycles. The molecular weight excluding hydrogens is 326 g/mol. The SMILES string of the molecule is COC(=O)C1CCCC(C(=O)Nc2nnc(-c3ccccc3)s2)C1. The maximum atomic E-state index is 12.4. The van der Waals surface area contributed by atoms with E-state index < -0.39 is 0 Å². The van der Waals surface area contributed by atoms with Crippen LogP contribution in [0.3, 0.4) is 0 Å². The Bertz CT molecular complexity index is 717. The predicted octanol–water partition coefficient (Wildman–Crippen LogP) is 3.12. The van der Waals surface area contributed by atoms with E-state index in [0.29, 0.717) is 11.6 Å². The molecule has 1 aromatic carbocycles. The van der Waals surface area contributed by atoms with Crippen LogP contribution in [0.4, 0.5) is 5.13 Å². The zero-order valence-electron chi connectivity index (χ0n) is 13.4. The van der Waals surface area contributed by atoms with E-state index in [1.54, 1.807) is 0 Å². The minimum atomic E-state index is -0.227. The van der Waals surface area contributed by atoms with Crippen molar-refractivity contribution in [3.8, 4) is 10.6 Å². The minimum absolute atomic E-state index is 0.0978. The van der Waals surface area contributed by atoms with Gasteiger partial charge < -0.3 is 10.1 Å². The third-order valence-electron chi connectivity index (χ3n) is 4.26. The van der Waals surface area contributed by atoms with Crippen LogP contribution in [-0.2, 0) is 14.3 Å². The summed E-state index contributed by atoms with van der Waals surface area (Å²) in [7, 11) is 1.39. The van der Waals surface area contributed by atoms with Crippen LogP contribution in [0.1, 0.15) is 25.7 Å². The summed E-state index contributed by atoms with van der Waals surface area (Å²) in [5.41, 5.74) is 0.971. The van der Waals surface area contributed by atoms with Crippen LogP contribution in [0.15, 0.2) is 30.3 Å². The van der Waals surface area contributed by atoms with Crippen LogP contribution >= 0.6 is 11.3 Å². The van der Waals surface area contributed by atoms with E-state index in [-0.39, 0.29) is 23.7 Å². The van der Waals surface area contributed by atoms with E-state index in [1.807, 2.05) is 30.3 Å². The summed E-state index contributed by atoms with van der Waals surface area (Å²) in [5.74, 6) is -0.699. The van der Waals surface area contributed by atoms with Gasteiger partial charge in [0.05, 0.1) is 13.0 Å². The molecule has 2 aromatic rings. The third-order valence-corrected chi connectivity index (χ3v) is 5.14. The van der Waals surface area contributed by atoms with Gasteiger partial charge in [-0.2, -0.15) is 0 Å². The predicted molar refractivity (Wildman–Crippen MR) is 91.4 cm³/mol. The number of ether oxygens (including phenoxy) is 1. The lowest BCUT2D eigenvalue weighted by Gasteiger charge is -2.26. The van der Waals surface area contributed by atoms with E-state index in [2.05, 4.69) is 15.5 Å². The van der Waals surface area contributed by atoms with Crippen molar-refractivity contribution in [2.75, 3.05) is 12.4 Å². The van der Waals surface area contributed by atoms with Gasteiger partial charge in [-0.05, 0) is 19.3 Å². The lowest BCUT2D eigenvalue weighted by Crippen LogP contribution is -2.31. The van der Waals surface area contributed by atoms with Gasteiger partial charge in [-0.25, -0.2) is 0 Å². The molecule has 7 heteroatoms. The molecule has 0 spiro atoms. The standard InChI is InChI=1S/C17H19N3O3S/c1-23-16(22)13-9-5-8-12(10-13)14(21)18-17-20-19-15(24-17)11-6-3-2-4-7-11/h2-4,6-7,12-13H,5,8-10H2,1H3,(H,18,20,21). The molecule has 3 rings (SSSR count). The highest BCUT2D eigenvalue weighted by Crippen LogP contribution is 2.32. The summed E-state index contributed by atoms with van der Waals surface area (Å²) in [6.07, 6.45) is 2.95. The van der Waals surface area contributed by atoms with Gasteiger partial charge in [0, 0.05) is 11.5 Å². The number of nitrogens with zero attached hydrogens (tertiary/aromatic N) is 2. The summed E-state index contributed by atoms with van der Waals surface area (Å²) in [6, 6.07) is 9.71. The average molecular weight is 345 g/mol. The van der Waals surface area contributed by atoms with Crippen LogP contribution in [0, 0.1) is 11.8 Å². The van der Waals surface area contributed by atoms with Crippen molar-refractivity contribution in [1.29, 1.82) is 0 Å². The topological polar surface area (TPSA) is 81.2 Å². The van der Waals surface area contributed by atoms with Crippen molar-refractivity contribution in [2.45, 2.75) is 25.7 Å². The maximum Gasteiger partial charge on any atom is 0.308 e. The Hall–Kier alpha value is -2.28. The number of carbonyl (C=O) groups excluding carboxylic acids is 2. The first-order chi connectivity index (χ1) is 11.7. The summed E-state index contributed by atoms with van der Waals surface area (Å²) in [5, 5.41) is 12.2. The maximum absolute atomic E-state index is 12.4. The molecule has 1 aliphatic carbocycles. The number of amides is 1. The molecule has 126 valence electrons. The van der Waals surface area contributed by atoms with Gasteiger partial charge in [0.2, 0.25) is 11.0 Å². The molecule has 2 atom stereocenters. The number of benzene rings is 1. The van der Waals surface area contributed by atoms with Gasteiger partial charge in [-0.1, -0.05) is 48.1 Å². The van der Waals surface area contributed by atoms with E-state index >= 15 is 0 Å². The van der Waals surface area contributed by atoms with Crippen molar-refractivity contribution < 1.29 is 14.3 Å². The largest absolute Gasteiger partial charge is 0.469 e. The number of hydrogen-bond acceptors (Lipinski definition) is 6. The highest BCUT2D eigenvalue weighted by Gasteiger charge is 2.32. The monoisotopic (exact) mass is 345 g/mol. The number of nitrogens with one attached hydrogen (secondary N) is 1. The Morgan fingerprint density at radius 3 is 2.67 bits per heavy atom. The normalized spacial score (nSPS) is 20.4. The highest BCUT2D eigenvalue weighted by atomic mass is 32.1. The molecule has 1 heterocycles. The van der Waals surface area contributed by atoms with E-state index in [9.17, 15) is 9.59 Å². The second kappa shape index (κ2) is 7.53. The zero-order chi connectivity index (χ0) is 16.9. The van der Waals surface area contributed by atoms with Gasteiger partial charge in [0.15, 0.2) is 0 Å². The van der Waals surface area contributed by atoms with Gasteiger partial charge in [-0.15, -0.1) is 10.2 Å². The van der Waals surface area contributed by atoms with Crippen LogP contribution in [0.5, 0.6) is 0 Å². The highest BCUT2D eigenvalue weighted by molar-refractivity contribution is 7.18.